The van der Waals surface area contributed by atoms with Crippen LogP contribution in [0.5, 0.6) is 5.75 Å². The van der Waals surface area contributed by atoms with Crippen LogP contribution in [0.4, 0.5) is 5.69 Å². The summed E-state index contributed by atoms with van der Waals surface area (Å²) in [6.07, 6.45) is 7.35. The number of aliphatic carboxylic acids is 1. The Labute approximate surface area is 228 Å². The van der Waals surface area contributed by atoms with E-state index in [1.165, 1.54) is 6.42 Å². The van der Waals surface area contributed by atoms with Crippen molar-refractivity contribution in [2.45, 2.75) is 57.0 Å². The van der Waals surface area contributed by atoms with E-state index in [0.717, 1.165) is 74.2 Å². The van der Waals surface area contributed by atoms with Crippen LogP contribution >= 0.6 is 27.3 Å². The molecule has 2 aromatic rings. The molecule has 11 heteroatoms. The van der Waals surface area contributed by atoms with Gasteiger partial charge in [0.05, 0.1) is 9.35 Å². The molecule has 1 unspecified atom stereocenters. The van der Waals surface area contributed by atoms with Gasteiger partial charge in [0.15, 0.2) is 17.2 Å². The van der Waals surface area contributed by atoms with Crippen LogP contribution in [0, 0.1) is 5.92 Å². The summed E-state index contributed by atoms with van der Waals surface area (Å²) >= 11 is 4.42. The summed E-state index contributed by atoms with van der Waals surface area (Å²) < 4.78 is 5.67. The second-order valence-corrected chi connectivity index (χ2v) is 11.3. The number of benzene rings is 1. The highest BCUT2D eigenvalue weighted by atomic mass is 79.9. The van der Waals surface area contributed by atoms with Crippen LogP contribution in [-0.2, 0) is 9.59 Å². The number of carbonyl (C=O) groups is 3. The molecule has 1 saturated carbocycles. The second-order valence-electron chi connectivity index (χ2n) is 9.52. The molecular weight excluding hydrogens is 562 g/mol. The number of nitrogens with one attached hydrogen (secondary N) is 3. The van der Waals surface area contributed by atoms with Gasteiger partial charge in [0.2, 0.25) is 5.91 Å². The largest absolute Gasteiger partial charge is 0.479 e. The topological polar surface area (TPSA) is 137 Å². The van der Waals surface area contributed by atoms with E-state index in [0.29, 0.717) is 9.35 Å². The van der Waals surface area contributed by atoms with Crippen molar-refractivity contribution in [3.05, 3.63) is 33.6 Å². The van der Waals surface area contributed by atoms with Crippen LogP contribution in [0.3, 0.4) is 0 Å². The predicted molar refractivity (Wildman–Crippen MR) is 146 cm³/mol. The zero-order valence-electron chi connectivity index (χ0n) is 20.4. The van der Waals surface area contributed by atoms with Gasteiger partial charge in [-0.05, 0) is 78.3 Å². The minimum Gasteiger partial charge on any atom is -0.479 e. The van der Waals surface area contributed by atoms with Gasteiger partial charge in [0.25, 0.3) is 0 Å². The number of carboxylic acid groups (broad SMARTS) is 2. The molecule has 5 N–H and O–H groups in total. The van der Waals surface area contributed by atoms with E-state index >= 15 is 0 Å². The van der Waals surface area contributed by atoms with E-state index in [1.54, 1.807) is 0 Å². The average Bonchev–Trinajstić information content (AvgIpc) is 3.23. The lowest BCUT2D eigenvalue weighted by Gasteiger charge is -2.33. The zero-order valence-corrected chi connectivity index (χ0v) is 22.8. The third-order valence-corrected chi connectivity index (χ3v) is 9.11. The monoisotopic (exact) mass is 593 g/mol. The molecule has 1 aliphatic carbocycles. The molecule has 1 aromatic heterocycles. The van der Waals surface area contributed by atoms with E-state index in [2.05, 4.69) is 31.9 Å². The molecule has 0 radical (unpaired) electrons. The maximum absolute atomic E-state index is 13.4. The van der Waals surface area contributed by atoms with Crippen molar-refractivity contribution < 1.29 is 29.3 Å². The van der Waals surface area contributed by atoms with Crippen LogP contribution in [0.15, 0.2) is 28.7 Å². The van der Waals surface area contributed by atoms with Gasteiger partial charge in [-0.15, -0.1) is 11.3 Å². The molecule has 9 nitrogen and oxygen atoms in total. The van der Waals surface area contributed by atoms with Crippen molar-refractivity contribution >= 4 is 50.8 Å². The molecule has 4 rings (SSSR count). The molecule has 200 valence electrons. The van der Waals surface area contributed by atoms with Gasteiger partial charge in [-0.25, -0.2) is 9.59 Å². The molecule has 1 saturated heterocycles. The molecule has 1 aliphatic heterocycles. The summed E-state index contributed by atoms with van der Waals surface area (Å²) in [5.74, 6) is -2.18. The number of amides is 1. The van der Waals surface area contributed by atoms with Crippen molar-refractivity contribution in [1.82, 2.24) is 10.6 Å². The molecule has 0 bridgehead atoms. The number of aromatic carboxylic acids is 1. The SMILES string of the molecule is O=C(O)COc1c(C(=O)O)sc(-c2cccc(NC(C(=O)NC3CCCCC3)C3CCNCC3)c2)c1Br. The lowest BCUT2D eigenvalue weighted by atomic mass is 9.88. The lowest BCUT2D eigenvalue weighted by molar-refractivity contribution is -0.139. The number of rotatable bonds is 10. The Balaban J connectivity index is 1.58. The van der Waals surface area contributed by atoms with E-state index in [4.69, 9.17) is 9.84 Å². The predicted octanol–water partition coefficient (Wildman–Crippen LogP) is 4.57. The number of piperidine rings is 1. The molecule has 2 fully saturated rings. The van der Waals surface area contributed by atoms with Gasteiger partial charge in [-0.1, -0.05) is 31.4 Å². The van der Waals surface area contributed by atoms with E-state index in [-0.39, 0.29) is 34.5 Å². The number of hydrogen-bond acceptors (Lipinski definition) is 7. The molecule has 2 heterocycles. The third-order valence-electron chi connectivity index (χ3n) is 6.88. The fourth-order valence-corrected chi connectivity index (χ4v) is 6.92. The minimum absolute atomic E-state index is 0.00676. The van der Waals surface area contributed by atoms with Gasteiger partial charge in [0, 0.05) is 11.7 Å². The lowest BCUT2D eigenvalue weighted by Crippen LogP contribution is -2.50. The van der Waals surface area contributed by atoms with Gasteiger partial charge < -0.3 is 30.9 Å². The van der Waals surface area contributed by atoms with Crippen LogP contribution in [-0.4, -0.2) is 59.8 Å². The highest BCUT2D eigenvalue weighted by Gasteiger charge is 2.31. The van der Waals surface area contributed by atoms with Crippen LogP contribution in [0.2, 0.25) is 0 Å². The Morgan fingerprint density at radius 2 is 1.84 bits per heavy atom. The Kier molecular flexibility index (Phi) is 9.44. The number of anilines is 1. The van der Waals surface area contributed by atoms with Crippen molar-refractivity contribution in [2.75, 3.05) is 25.0 Å². The van der Waals surface area contributed by atoms with E-state index < -0.39 is 18.5 Å². The fourth-order valence-electron chi connectivity index (χ4n) is 5.03. The first kappa shape index (κ1) is 27.4. The minimum atomic E-state index is -1.20. The number of carbonyl (C=O) groups excluding carboxylic acids is 1. The quantitative estimate of drug-likeness (QED) is 0.270. The Morgan fingerprint density at radius 1 is 1.11 bits per heavy atom. The first-order valence-electron chi connectivity index (χ1n) is 12.6. The molecule has 0 spiro atoms. The Bertz CT molecular complexity index is 1130. The number of carboxylic acids is 2. The Morgan fingerprint density at radius 3 is 2.51 bits per heavy atom. The summed E-state index contributed by atoms with van der Waals surface area (Å²) in [4.78, 5) is 36.7. The van der Waals surface area contributed by atoms with Crippen molar-refractivity contribution in [1.29, 1.82) is 0 Å². The molecule has 1 atom stereocenters. The van der Waals surface area contributed by atoms with Crippen molar-refractivity contribution in [3.63, 3.8) is 0 Å². The maximum atomic E-state index is 13.4. The summed E-state index contributed by atoms with van der Waals surface area (Å²) in [6, 6.07) is 7.31. The molecule has 1 aromatic carbocycles. The molecule has 2 aliphatic rings. The first-order valence-corrected chi connectivity index (χ1v) is 14.2. The zero-order chi connectivity index (χ0) is 26.4. The van der Waals surface area contributed by atoms with Gasteiger partial charge in [-0.3, -0.25) is 4.79 Å². The first-order chi connectivity index (χ1) is 17.8. The summed E-state index contributed by atoms with van der Waals surface area (Å²) in [7, 11) is 0. The van der Waals surface area contributed by atoms with Crippen LogP contribution < -0.4 is 20.7 Å². The highest BCUT2D eigenvalue weighted by molar-refractivity contribution is 9.10. The summed E-state index contributed by atoms with van der Waals surface area (Å²) in [5.41, 5.74) is 1.48. The van der Waals surface area contributed by atoms with Crippen LogP contribution in [0.1, 0.15) is 54.6 Å². The van der Waals surface area contributed by atoms with E-state index in [9.17, 15) is 19.5 Å². The van der Waals surface area contributed by atoms with E-state index in [1.807, 2.05) is 24.3 Å². The van der Waals surface area contributed by atoms with Crippen molar-refractivity contribution in [3.8, 4) is 16.2 Å². The molecule has 1 amide bonds. The smallest absolute Gasteiger partial charge is 0.349 e. The molecule has 37 heavy (non-hydrogen) atoms. The summed E-state index contributed by atoms with van der Waals surface area (Å²) in [5, 5.41) is 28.7. The average molecular weight is 595 g/mol. The molecular formula is C26H32BrN3O6S. The maximum Gasteiger partial charge on any atom is 0.349 e. The standard InChI is InChI=1S/C26H32BrN3O6S/c27-20-22(36-14-19(31)32)24(26(34)35)37-23(20)16-5-4-8-18(13-16)29-21(15-9-11-28-12-10-15)25(33)30-17-6-2-1-3-7-17/h4-5,8,13,15,17,21,28-29H,1-3,6-7,9-12,14H2,(H,30,33)(H,31,32)(H,34,35). The van der Waals surface area contributed by atoms with Gasteiger partial charge in [0.1, 0.15) is 6.04 Å². The second kappa shape index (κ2) is 12.7. The number of hydrogen-bond donors (Lipinski definition) is 5. The van der Waals surface area contributed by atoms with Crippen molar-refractivity contribution in [2.24, 2.45) is 5.92 Å². The third kappa shape index (κ3) is 7.03. The fraction of sp³-hybridized carbons (Fsp3) is 0.500. The van der Waals surface area contributed by atoms with Crippen LogP contribution in [0.25, 0.3) is 10.4 Å². The Hall–Kier alpha value is -2.63. The number of halogens is 1. The van der Waals surface area contributed by atoms with Gasteiger partial charge >= 0.3 is 11.9 Å². The highest BCUT2D eigenvalue weighted by Crippen LogP contribution is 2.46. The van der Waals surface area contributed by atoms with Gasteiger partial charge in [-0.2, -0.15) is 0 Å². The number of ether oxygens (including phenoxy) is 1. The summed E-state index contributed by atoms with van der Waals surface area (Å²) in [6.45, 7) is 1.10. The normalized spacial score (nSPS) is 17.6. The number of thiophene rings is 1.